The van der Waals surface area contributed by atoms with Crippen molar-refractivity contribution in [3.8, 4) is 0 Å². The number of nitrogens with two attached hydrogens (primary N) is 2. The van der Waals surface area contributed by atoms with Crippen LogP contribution in [0.4, 0.5) is 15.3 Å². The molecule has 0 aliphatic carbocycles. The van der Waals surface area contributed by atoms with Crippen molar-refractivity contribution in [2.24, 2.45) is 11.5 Å². The highest BCUT2D eigenvalue weighted by molar-refractivity contribution is 6.42. The maximum absolute atomic E-state index is 13.4. The lowest BCUT2D eigenvalue weighted by atomic mass is 10.1. The van der Waals surface area contributed by atoms with Crippen LogP contribution in [0.5, 0.6) is 0 Å². The summed E-state index contributed by atoms with van der Waals surface area (Å²) in [5, 5.41) is 5.94. The molecule has 6 N–H and O–H groups in total. The molecule has 0 saturated carbocycles. The van der Waals surface area contributed by atoms with Gasteiger partial charge in [0.2, 0.25) is 11.8 Å². The summed E-state index contributed by atoms with van der Waals surface area (Å²) in [4.78, 5) is 50.6. The topological polar surface area (TPSA) is 157 Å². The van der Waals surface area contributed by atoms with E-state index in [1.54, 1.807) is 30.3 Å². The molecule has 0 aromatic heterocycles. The molecule has 41 heavy (non-hydrogen) atoms. The van der Waals surface area contributed by atoms with Crippen LogP contribution in [0.25, 0.3) is 0 Å². The van der Waals surface area contributed by atoms with E-state index in [9.17, 15) is 19.2 Å². The third-order valence-electron chi connectivity index (χ3n) is 6.03. The number of nitrogens with one attached hydrogen (secondary N) is 2. The number of rotatable bonds is 13. The molecule has 0 saturated heterocycles. The van der Waals surface area contributed by atoms with Crippen molar-refractivity contribution in [3.05, 3.63) is 99.5 Å². The molecule has 10 nitrogen and oxygen atoms in total. The van der Waals surface area contributed by atoms with E-state index in [4.69, 9.17) is 39.4 Å². The highest BCUT2D eigenvalue weighted by Gasteiger charge is 2.28. The molecule has 3 aromatic rings. The molecule has 0 unspecified atom stereocenters. The van der Waals surface area contributed by atoms with Crippen LogP contribution in [-0.4, -0.2) is 41.4 Å². The molecule has 1 atom stereocenters. The molecule has 0 heterocycles. The van der Waals surface area contributed by atoms with Gasteiger partial charge in [0.1, 0.15) is 12.6 Å². The zero-order valence-corrected chi connectivity index (χ0v) is 23.7. The van der Waals surface area contributed by atoms with Crippen molar-refractivity contribution in [2.45, 2.75) is 38.5 Å². The van der Waals surface area contributed by atoms with Gasteiger partial charge in [0.05, 0.1) is 16.5 Å². The van der Waals surface area contributed by atoms with Gasteiger partial charge in [-0.1, -0.05) is 77.8 Å². The van der Waals surface area contributed by atoms with Crippen molar-refractivity contribution < 1.29 is 23.9 Å². The zero-order valence-electron chi connectivity index (χ0n) is 22.1. The first-order valence-electron chi connectivity index (χ1n) is 12.7. The van der Waals surface area contributed by atoms with Crippen LogP contribution in [0.3, 0.4) is 0 Å². The molecule has 12 heteroatoms. The smallest absolute Gasteiger partial charge is 0.407 e. The number of ether oxygens (including phenoxy) is 1. The third-order valence-corrected chi connectivity index (χ3v) is 6.77. The minimum atomic E-state index is -1.01. The van der Waals surface area contributed by atoms with Crippen LogP contribution in [-0.2, 0) is 33.9 Å². The Morgan fingerprint density at radius 2 is 1.54 bits per heavy atom. The average molecular weight is 601 g/mol. The molecule has 3 aromatic carbocycles. The number of urea groups is 1. The zero-order chi connectivity index (χ0) is 29.8. The van der Waals surface area contributed by atoms with Crippen LogP contribution < -0.4 is 22.1 Å². The van der Waals surface area contributed by atoms with Crippen LogP contribution in [0.2, 0.25) is 10.0 Å². The van der Waals surface area contributed by atoms with Crippen LogP contribution in [0.1, 0.15) is 29.5 Å². The quantitative estimate of drug-likeness (QED) is 0.211. The second kappa shape index (κ2) is 15.5. The lowest BCUT2D eigenvalue weighted by molar-refractivity contribution is -0.122. The maximum atomic E-state index is 13.4. The molecule has 0 spiro atoms. The van der Waals surface area contributed by atoms with E-state index in [1.165, 1.54) is 17.0 Å². The summed E-state index contributed by atoms with van der Waals surface area (Å²) in [6, 6.07) is 19.2. The fourth-order valence-electron chi connectivity index (χ4n) is 3.96. The Kier molecular flexibility index (Phi) is 11.8. The summed E-state index contributed by atoms with van der Waals surface area (Å²) in [6.07, 6.45) is -0.0212. The van der Waals surface area contributed by atoms with Gasteiger partial charge in [-0.3, -0.25) is 9.59 Å². The van der Waals surface area contributed by atoms with Crippen LogP contribution in [0, 0.1) is 0 Å². The third kappa shape index (κ3) is 10.3. The van der Waals surface area contributed by atoms with Gasteiger partial charge in [-0.05, 0) is 47.7 Å². The predicted molar refractivity (Wildman–Crippen MR) is 157 cm³/mol. The van der Waals surface area contributed by atoms with E-state index in [0.29, 0.717) is 28.3 Å². The highest BCUT2D eigenvalue weighted by Crippen LogP contribution is 2.26. The van der Waals surface area contributed by atoms with Gasteiger partial charge < -0.3 is 31.7 Å². The molecule has 0 aliphatic rings. The normalized spacial score (nSPS) is 11.3. The number of hydrogen-bond donors (Lipinski definition) is 4. The molecule has 0 radical (unpaired) electrons. The van der Waals surface area contributed by atoms with Crippen molar-refractivity contribution in [1.82, 2.24) is 10.2 Å². The first kappa shape index (κ1) is 31.3. The molecule has 0 aliphatic heterocycles. The van der Waals surface area contributed by atoms with Gasteiger partial charge in [0.15, 0.2) is 0 Å². The molecule has 0 fully saturated rings. The Morgan fingerprint density at radius 3 is 2.17 bits per heavy atom. The average Bonchev–Trinajstić information content (AvgIpc) is 2.94. The van der Waals surface area contributed by atoms with Crippen LogP contribution in [0.15, 0.2) is 72.8 Å². The number of anilines is 1. The molecular formula is C29H31Cl2N5O5. The van der Waals surface area contributed by atoms with Crippen molar-refractivity contribution in [3.63, 3.8) is 0 Å². The van der Waals surface area contributed by atoms with Crippen molar-refractivity contribution in [1.29, 1.82) is 0 Å². The Bertz CT molecular complexity index is 1360. The van der Waals surface area contributed by atoms with Gasteiger partial charge in [0, 0.05) is 18.8 Å². The van der Waals surface area contributed by atoms with Gasteiger partial charge in [0.25, 0.3) is 0 Å². The lowest BCUT2D eigenvalue weighted by Crippen LogP contribution is -2.49. The monoisotopic (exact) mass is 599 g/mol. The number of benzene rings is 3. The second-order valence-corrected chi connectivity index (χ2v) is 10.0. The van der Waals surface area contributed by atoms with E-state index in [0.717, 1.165) is 5.56 Å². The Morgan fingerprint density at radius 1 is 0.854 bits per heavy atom. The summed E-state index contributed by atoms with van der Waals surface area (Å²) >= 11 is 12.1. The number of hydrogen-bond acceptors (Lipinski definition) is 5. The van der Waals surface area contributed by atoms with E-state index in [2.05, 4.69) is 10.6 Å². The number of primary amides is 2. The fourth-order valence-corrected chi connectivity index (χ4v) is 4.26. The lowest BCUT2D eigenvalue weighted by Gasteiger charge is -2.30. The highest BCUT2D eigenvalue weighted by atomic mass is 35.5. The fraction of sp³-hybridized carbons (Fsp3) is 0.241. The Hall–Kier alpha value is -4.28. The van der Waals surface area contributed by atoms with E-state index < -0.39 is 30.0 Å². The minimum Gasteiger partial charge on any atom is -0.445 e. The number of amides is 5. The molecule has 5 amide bonds. The number of alkyl carbamates (subject to hydrolysis) is 1. The SMILES string of the molecule is NC(=O)Cc1ccc(CN(C(=O)Nc2ccc(Cl)c(Cl)c2)[C@H](CCCNC(=O)OCc2ccccc2)C(N)=O)cc1. The number of carbonyl (C=O) groups excluding carboxylic acids is 4. The van der Waals surface area contributed by atoms with Crippen LogP contribution >= 0.6 is 23.2 Å². The van der Waals surface area contributed by atoms with E-state index in [1.807, 2.05) is 30.3 Å². The standard InChI is InChI=1S/C29H31Cl2N5O5/c30-23-13-12-22(16-24(23)31)35-28(39)36(17-20-10-8-19(9-11-20)15-26(32)37)25(27(33)38)7-4-14-34-29(40)41-18-21-5-2-1-3-6-21/h1-3,5-6,8-13,16,25H,4,7,14-15,17-18H2,(H2,32,37)(H2,33,38)(H,34,40)(H,35,39)/t25-/m1/s1. The summed E-state index contributed by atoms with van der Waals surface area (Å²) in [5.74, 6) is -1.18. The summed E-state index contributed by atoms with van der Waals surface area (Å²) < 4.78 is 5.20. The van der Waals surface area contributed by atoms with Crippen molar-refractivity contribution in [2.75, 3.05) is 11.9 Å². The first-order valence-corrected chi connectivity index (χ1v) is 13.5. The van der Waals surface area contributed by atoms with Gasteiger partial charge in [-0.25, -0.2) is 9.59 Å². The minimum absolute atomic E-state index is 0.0319. The second-order valence-electron chi connectivity index (χ2n) is 9.20. The van der Waals surface area contributed by atoms with Gasteiger partial charge in [-0.15, -0.1) is 0 Å². The van der Waals surface area contributed by atoms with E-state index >= 15 is 0 Å². The summed E-state index contributed by atoms with van der Waals surface area (Å²) in [5.41, 5.74) is 13.6. The Labute approximate surface area is 247 Å². The molecule has 216 valence electrons. The Balaban J connectivity index is 1.68. The summed E-state index contributed by atoms with van der Waals surface area (Å²) in [7, 11) is 0. The maximum Gasteiger partial charge on any atom is 0.407 e. The van der Waals surface area contributed by atoms with Crippen molar-refractivity contribution >= 4 is 52.8 Å². The summed E-state index contributed by atoms with van der Waals surface area (Å²) in [6.45, 7) is 0.350. The van der Waals surface area contributed by atoms with Gasteiger partial charge in [-0.2, -0.15) is 0 Å². The number of halogens is 2. The van der Waals surface area contributed by atoms with Gasteiger partial charge >= 0.3 is 12.1 Å². The molecule has 0 bridgehead atoms. The molecular weight excluding hydrogens is 569 g/mol. The molecule has 3 rings (SSSR count). The largest absolute Gasteiger partial charge is 0.445 e. The number of carbonyl (C=O) groups is 4. The predicted octanol–water partition coefficient (Wildman–Crippen LogP) is 4.62. The van der Waals surface area contributed by atoms with E-state index in [-0.39, 0.29) is 37.6 Å². The number of nitrogens with zero attached hydrogens (tertiary/aromatic N) is 1. The first-order chi connectivity index (χ1) is 19.6.